The Balaban J connectivity index is 2.35. The summed E-state index contributed by atoms with van der Waals surface area (Å²) >= 11 is 0. The molecule has 0 aliphatic carbocycles. The molecular weight excluding hydrogens is 242 g/mol. The van der Waals surface area contributed by atoms with Crippen molar-refractivity contribution in [3.05, 3.63) is 0 Å². The molecule has 1 N–H and O–H groups in total. The highest BCUT2D eigenvalue weighted by atomic mass is 16.5. The maximum Gasteiger partial charge on any atom is 0.324 e. The molecular formula is C14H29N3O2. The highest BCUT2D eigenvalue weighted by Crippen LogP contribution is 2.17. The van der Waals surface area contributed by atoms with Crippen LogP contribution in [0.1, 0.15) is 19.8 Å². The van der Waals surface area contributed by atoms with Crippen molar-refractivity contribution >= 4 is 5.97 Å². The van der Waals surface area contributed by atoms with E-state index in [2.05, 4.69) is 29.2 Å². The molecule has 112 valence electrons. The van der Waals surface area contributed by atoms with E-state index in [9.17, 15) is 4.79 Å². The first kappa shape index (κ1) is 16.4. The standard InChI is InChI=1S/C14H29N3O2/c1-5-15-13(14(18)19-4)11-17-8-6-12(7-9-17)10-16(2)3/h12-13,15H,5-11H2,1-4H3. The first-order valence-electron chi connectivity index (χ1n) is 7.25. The van der Waals surface area contributed by atoms with Gasteiger partial charge in [-0.3, -0.25) is 4.79 Å². The summed E-state index contributed by atoms with van der Waals surface area (Å²) < 4.78 is 4.85. The second-order valence-corrected chi connectivity index (χ2v) is 5.64. The third-order valence-corrected chi connectivity index (χ3v) is 3.71. The zero-order chi connectivity index (χ0) is 14.3. The van der Waals surface area contributed by atoms with E-state index >= 15 is 0 Å². The normalized spacial score (nSPS) is 19.6. The second kappa shape index (κ2) is 8.51. The van der Waals surface area contributed by atoms with Crippen molar-refractivity contribution in [1.82, 2.24) is 15.1 Å². The average Bonchev–Trinajstić information content (AvgIpc) is 2.39. The highest BCUT2D eigenvalue weighted by Gasteiger charge is 2.25. The van der Waals surface area contributed by atoms with E-state index < -0.39 is 0 Å². The molecule has 1 fully saturated rings. The Morgan fingerprint density at radius 1 is 1.42 bits per heavy atom. The predicted molar refractivity (Wildman–Crippen MR) is 77.2 cm³/mol. The Bertz CT molecular complexity index is 263. The SMILES string of the molecule is CCNC(CN1CCC(CN(C)C)CC1)C(=O)OC. The lowest BCUT2D eigenvalue weighted by atomic mass is 9.96. The Hall–Kier alpha value is -0.650. The van der Waals surface area contributed by atoms with Gasteiger partial charge in [0.2, 0.25) is 0 Å². The van der Waals surface area contributed by atoms with Gasteiger partial charge < -0.3 is 19.9 Å². The Labute approximate surface area is 117 Å². The molecule has 0 amide bonds. The van der Waals surface area contributed by atoms with Crippen LogP contribution in [0.5, 0.6) is 0 Å². The van der Waals surface area contributed by atoms with Crippen LogP contribution in [0.25, 0.3) is 0 Å². The molecule has 1 atom stereocenters. The van der Waals surface area contributed by atoms with Crippen LogP contribution in [0.15, 0.2) is 0 Å². The molecule has 1 saturated heterocycles. The van der Waals surface area contributed by atoms with Gasteiger partial charge >= 0.3 is 5.97 Å². The number of hydrogen-bond donors (Lipinski definition) is 1. The van der Waals surface area contributed by atoms with Crippen molar-refractivity contribution in [1.29, 1.82) is 0 Å². The van der Waals surface area contributed by atoms with Gasteiger partial charge in [-0.05, 0) is 52.5 Å². The van der Waals surface area contributed by atoms with Crippen LogP contribution in [0.2, 0.25) is 0 Å². The van der Waals surface area contributed by atoms with E-state index in [1.165, 1.54) is 26.5 Å². The number of nitrogens with one attached hydrogen (secondary N) is 1. The van der Waals surface area contributed by atoms with Crippen molar-refractivity contribution in [2.45, 2.75) is 25.8 Å². The van der Waals surface area contributed by atoms with E-state index in [0.717, 1.165) is 32.1 Å². The molecule has 0 aromatic heterocycles. The Morgan fingerprint density at radius 3 is 2.53 bits per heavy atom. The summed E-state index contributed by atoms with van der Waals surface area (Å²) in [5, 5.41) is 3.20. The number of carbonyl (C=O) groups excluding carboxylic acids is 1. The largest absolute Gasteiger partial charge is 0.468 e. The zero-order valence-corrected chi connectivity index (χ0v) is 12.8. The fraction of sp³-hybridized carbons (Fsp3) is 0.929. The summed E-state index contributed by atoms with van der Waals surface area (Å²) in [5.74, 6) is 0.638. The van der Waals surface area contributed by atoms with E-state index in [4.69, 9.17) is 4.74 Å². The highest BCUT2D eigenvalue weighted by molar-refractivity contribution is 5.75. The lowest BCUT2D eigenvalue weighted by Crippen LogP contribution is -2.49. The van der Waals surface area contributed by atoms with Gasteiger partial charge in [-0.1, -0.05) is 6.92 Å². The maximum atomic E-state index is 11.7. The van der Waals surface area contributed by atoms with Crippen LogP contribution in [-0.4, -0.2) is 75.7 Å². The number of likely N-dealkylation sites (tertiary alicyclic amines) is 1. The molecule has 5 nitrogen and oxygen atoms in total. The number of carbonyl (C=O) groups is 1. The quantitative estimate of drug-likeness (QED) is 0.680. The van der Waals surface area contributed by atoms with Crippen molar-refractivity contribution in [2.75, 3.05) is 53.9 Å². The van der Waals surface area contributed by atoms with Crippen LogP contribution in [-0.2, 0) is 9.53 Å². The summed E-state index contributed by atoms with van der Waals surface area (Å²) in [6, 6.07) is -0.194. The fourth-order valence-corrected chi connectivity index (χ4v) is 2.74. The van der Waals surface area contributed by atoms with Crippen LogP contribution in [0, 0.1) is 5.92 Å². The van der Waals surface area contributed by atoms with Crippen LogP contribution >= 0.6 is 0 Å². The smallest absolute Gasteiger partial charge is 0.324 e. The number of methoxy groups -OCH3 is 1. The minimum Gasteiger partial charge on any atom is -0.468 e. The summed E-state index contributed by atoms with van der Waals surface area (Å²) in [7, 11) is 5.71. The molecule has 5 heteroatoms. The lowest BCUT2D eigenvalue weighted by Gasteiger charge is -2.34. The molecule has 1 rings (SSSR count). The average molecular weight is 271 g/mol. The number of esters is 1. The molecule has 19 heavy (non-hydrogen) atoms. The predicted octanol–water partition coefficient (Wildman–Crippen LogP) is 0.411. The number of nitrogens with zero attached hydrogens (tertiary/aromatic N) is 2. The van der Waals surface area contributed by atoms with Crippen molar-refractivity contribution in [2.24, 2.45) is 5.92 Å². The molecule has 0 saturated carbocycles. The molecule has 1 aliphatic heterocycles. The molecule has 1 unspecified atom stereocenters. The lowest BCUT2D eigenvalue weighted by molar-refractivity contribution is -0.143. The molecule has 0 bridgehead atoms. The molecule has 0 radical (unpaired) electrons. The van der Waals surface area contributed by atoms with Gasteiger partial charge in [0.25, 0.3) is 0 Å². The number of likely N-dealkylation sites (N-methyl/N-ethyl adjacent to an activating group) is 1. The van der Waals surface area contributed by atoms with Crippen molar-refractivity contribution in [3.63, 3.8) is 0 Å². The zero-order valence-electron chi connectivity index (χ0n) is 12.8. The molecule has 0 spiro atoms. The van der Waals surface area contributed by atoms with Gasteiger partial charge in [0.15, 0.2) is 0 Å². The van der Waals surface area contributed by atoms with E-state index in [1.807, 2.05) is 6.92 Å². The number of piperidine rings is 1. The first-order chi connectivity index (χ1) is 9.06. The summed E-state index contributed by atoms with van der Waals surface area (Å²) in [6.07, 6.45) is 2.44. The van der Waals surface area contributed by atoms with Crippen LogP contribution < -0.4 is 5.32 Å². The minimum atomic E-state index is -0.194. The van der Waals surface area contributed by atoms with Gasteiger partial charge in [-0.15, -0.1) is 0 Å². The van der Waals surface area contributed by atoms with Crippen LogP contribution in [0.3, 0.4) is 0 Å². The summed E-state index contributed by atoms with van der Waals surface area (Å²) in [4.78, 5) is 16.3. The van der Waals surface area contributed by atoms with E-state index in [-0.39, 0.29) is 12.0 Å². The topological polar surface area (TPSA) is 44.8 Å². The summed E-state index contributed by atoms with van der Waals surface area (Å²) in [5.41, 5.74) is 0. The van der Waals surface area contributed by atoms with Crippen molar-refractivity contribution < 1.29 is 9.53 Å². The Kier molecular flexibility index (Phi) is 7.34. The van der Waals surface area contributed by atoms with Gasteiger partial charge in [-0.2, -0.15) is 0 Å². The third-order valence-electron chi connectivity index (χ3n) is 3.71. The number of hydrogen-bond acceptors (Lipinski definition) is 5. The summed E-state index contributed by atoms with van der Waals surface area (Å²) in [6.45, 7) is 6.89. The molecule has 0 aromatic carbocycles. The van der Waals surface area contributed by atoms with Gasteiger partial charge in [-0.25, -0.2) is 0 Å². The van der Waals surface area contributed by atoms with Gasteiger partial charge in [0.05, 0.1) is 7.11 Å². The van der Waals surface area contributed by atoms with Crippen molar-refractivity contribution in [3.8, 4) is 0 Å². The second-order valence-electron chi connectivity index (χ2n) is 5.64. The Morgan fingerprint density at radius 2 is 2.05 bits per heavy atom. The molecule has 1 heterocycles. The van der Waals surface area contributed by atoms with E-state index in [0.29, 0.717) is 0 Å². The number of ether oxygens (including phenoxy) is 1. The third kappa shape index (κ3) is 5.89. The number of rotatable bonds is 7. The minimum absolute atomic E-state index is 0.155. The maximum absolute atomic E-state index is 11.7. The monoisotopic (exact) mass is 271 g/mol. The van der Waals surface area contributed by atoms with Gasteiger partial charge in [0, 0.05) is 13.1 Å². The fourth-order valence-electron chi connectivity index (χ4n) is 2.74. The molecule has 0 aromatic rings. The van der Waals surface area contributed by atoms with Gasteiger partial charge in [0.1, 0.15) is 6.04 Å². The molecule has 1 aliphatic rings. The van der Waals surface area contributed by atoms with Crippen LogP contribution in [0.4, 0.5) is 0 Å². The van der Waals surface area contributed by atoms with E-state index in [1.54, 1.807) is 0 Å². The first-order valence-corrected chi connectivity index (χ1v) is 7.25.